The van der Waals surface area contributed by atoms with Gasteiger partial charge in [-0.15, -0.1) is 0 Å². The van der Waals surface area contributed by atoms with Gasteiger partial charge in [0.1, 0.15) is 5.60 Å². The van der Waals surface area contributed by atoms with Crippen molar-refractivity contribution in [1.82, 2.24) is 0 Å². The second-order valence-corrected chi connectivity index (χ2v) is 3.11. The van der Waals surface area contributed by atoms with Gasteiger partial charge in [-0.1, -0.05) is 24.8 Å². The lowest BCUT2D eigenvalue weighted by molar-refractivity contribution is -0.140. The maximum Gasteiger partial charge on any atom is 0.336 e. The molecule has 0 bridgehead atoms. The van der Waals surface area contributed by atoms with Crippen molar-refractivity contribution in [3.8, 4) is 0 Å². The number of rotatable bonds is 3. The van der Waals surface area contributed by atoms with E-state index in [9.17, 15) is 9.90 Å². The summed E-state index contributed by atoms with van der Waals surface area (Å²) in [6.45, 7) is 5.56. The van der Waals surface area contributed by atoms with Crippen LogP contribution < -0.4 is 0 Å². The minimum atomic E-state index is -1.28. The van der Waals surface area contributed by atoms with Crippen molar-refractivity contribution < 1.29 is 14.6 Å². The summed E-state index contributed by atoms with van der Waals surface area (Å²) in [5.41, 5.74) is -1.19. The average Bonchev–Trinajstić information content (AvgIpc) is 2.18. The van der Waals surface area contributed by atoms with Crippen molar-refractivity contribution in [2.24, 2.45) is 0 Å². The van der Waals surface area contributed by atoms with Crippen LogP contribution in [0.5, 0.6) is 0 Å². The van der Waals surface area contributed by atoms with Crippen LogP contribution in [-0.4, -0.2) is 23.3 Å². The number of carbonyl (C=O) groups excluding carboxylic acids is 1. The molecule has 0 radical (unpaired) electrons. The van der Waals surface area contributed by atoms with Crippen molar-refractivity contribution in [2.75, 3.05) is 6.61 Å². The summed E-state index contributed by atoms with van der Waals surface area (Å²) < 4.78 is 4.77. The number of hydrogen-bond donors (Lipinski definition) is 1. The van der Waals surface area contributed by atoms with Crippen molar-refractivity contribution in [3.05, 3.63) is 36.5 Å². The third-order valence-electron chi connectivity index (χ3n) is 2.09. The van der Waals surface area contributed by atoms with Crippen LogP contribution in [0.1, 0.15) is 13.3 Å². The Morgan fingerprint density at radius 3 is 2.86 bits per heavy atom. The fraction of sp³-hybridized carbons (Fsp3) is 0.364. The SMILES string of the molecule is C=C(C(=O)OCC)C1(O)C=CC=CC1. The van der Waals surface area contributed by atoms with Crippen molar-refractivity contribution in [1.29, 1.82) is 0 Å². The second kappa shape index (κ2) is 4.24. The van der Waals surface area contributed by atoms with Gasteiger partial charge in [-0.3, -0.25) is 0 Å². The van der Waals surface area contributed by atoms with Gasteiger partial charge >= 0.3 is 5.97 Å². The van der Waals surface area contributed by atoms with Gasteiger partial charge in [0.2, 0.25) is 0 Å². The Morgan fingerprint density at radius 1 is 1.64 bits per heavy atom. The first-order chi connectivity index (χ1) is 6.60. The molecule has 1 rings (SSSR count). The van der Waals surface area contributed by atoms with E-state index >= 15 is 0 Å². The molecule has 1 atom stereocenters. The number of hydrogen-bond acceptors (Lipinski definition) is 3. The Kier molecular flexibility index (Phi) is 3.25. The van der Waals surface area contributed by atoms with E-state index in [4.69, 9.17) is 4.74 Å². The zero-order chi connectivity index (χ0) is 10.6. The molecule has 0 saturated heterocycles. The van der Waals surface area contributed by atoms with E-state index in [0.717, 1.165) is 0 Å². The minimum absolute atomic E-state index is 0.0833. The first-order valence-electron chi connectivity index (χ1n) is 4.53. The highest BCUT2D eigenvalue weighted by Gasteiger charge is 2.32. The highest BCUT2D eigenvalue weighted by molar-refractivity contribution is 5.90. The number of aliphatic hydroxyl groups is 1. The molecule has 0 heterocycles. The van der Waals surface area contributed by atoms with Gasteiger partial charge < -0.3 is 9.84 Å². The molecular formula is C11H14O3. The molecule has 14 heavy (non-hydrogen) atoms. The Morgan fingerprint density at radius 2 is 2.36 bits per heavy atom. The van der Waals surface area contributed by atoms with E-state index in [2.05, 4.69) is 6.58 Å². The molecular weight excluding hydrogens is 180 g/mol. The third-order valence-corrected chi connectivity index (χ3v) is 2.09. The lowest BCUT2D eigenvalue weighted by Crippen LogP contribution is -2.33. The predicted octanol–water partition coefficient (Wildman–Crippen LogP) is 1.35. The maximum absolute atomic E-state index is 11.3. The summed E-state index contributed by atoms with van der Waals surface area (Å²) in [5.74, 6) is -0.546. The molecule has 76 valence electrons. The van der Waals surface area contributed by atoms with Gasteiger partial charge in [0, 0.05) is 6.42 Å². The van der Waals surface area contributed by atoms with E-state index in [1.807, 2.05) is 6.08 Å². The Balaban J connectivity index is 2.73. The van der Waals surface area contributed by atoms with Gasteiger partial charge in [0.05, 0.1) is 12.2 Å². The normalized spacial score (nSPS) is 24.7. The molecule has 0 fully saturated rings. The molecule has 3 heteroatoms. The Hall–Kier alpha value is -1.35. The molecule has 0 saturated carbocycles. The summed E-state index contributed by atoms with van der Waals surface area (Å²) in [6.07, 6.45) is 7.19. The smallest absolute Gasteiger partial charge is 0.336 e. The third kappa shape index (κ3) is 2.12. The summed E-state index contributed by atoms with van der Waals surface area (Å²) in [7, 11) is 0. The second-order valence-electron chi connectivity index (χ2n) is 3.11. The molecule has 0 amide bonds. The highest BCUT2D eigenvalue weighted by atomic mass is 16.5. The average molecular weight is 194 g/mol. The van der Waals surface area contributed by atoms with E-state index in [0.29, 0.717) is 6.42 Å². The fourth-order valence-corrected chi connectivity index (χ4v) is 1.23. The molecule has 1 N–H and O–H groups in total. The first kappa shape index (κ1) is 10.7. The van der Waals surface area contributed by atoms with E-state index in [-0.39, 0.29) is 12.2 Å². The molecule has 1 aliphatic rings. The van der Waals surface area contributed by atoms with Crippen LogP contribution in [0.25, 0.3) is 0 Å². The zero-order valence-corrected chi connectivity index (χ0v) is 8.19. The maximum atomic E-state index is 11.3. The monoisotopic (exact) mass is 194 g/mol. The lowest BCUT2D eigenvalue weighted by Gasteiger charge is -2.25. The standard InChI is InChI=1S/C11H14O3/c1-3-14-10(12)9(2)11(13)7-5-4-6-8-11/h4-7,13H,2-3,8H2,1H3. The Labute approximate surface area is 83.4 Å². The van der Waals surface area contributed by atoms with Crippen molar-refractivity contribution in [3.63, 3.8) is 0 Å². The molecule has 0 aromatic carbocycles. The molecule has 0 aromatic heterocycles. The lowest BCUT2D eigenvalue weighted by atomic mass is 9.88. The van der Waals surface area contributed by atoms with E-state index in [1.54, 1.807) is 25.2 Å². The number of ether oxygens (including phenoxy) is 1. The Bertz CT molecular complexity index is 302. The largest absolute Gasteiger partial charge is 0.463 e. The van der Waals surface area contributed by atoms with Gasteiger partial charge in [0.25, 0.3) is 0 Å². The van der Waals surface area contributed by atoms with Gasteiger partial charge in [-0.2, -0.15) is 0 Å². The fourth-order valence-electron chi connectivity index (χ4n) is 1.23. The number of carbonyl (C=O) groups is 1. The number of esters is 1. The van der Waals surface area contributed by atoms with Crippen molar-refractivity contribution in [2.45, 2.75) is 18.9 Å². The van der Waals surface area contributed by atoms with Crippen LogP contribution in [0, 0.1) is 0 Å². The molecule has 1 unspecified atom stereocenters. The minimum Gasteiger partial charge on any atom is -0.463 e. The van der Waals surface area contributed by atoms with Crippen LogP contribution in [0.4, 0.5) is 0 Å². The number of allylic oxidation sites excluding steroid dienone is 2. The van der Waals surface area contributed by atoms with Gasteiger partial charge in [0.15, 0.2) is 0 Å². The summed E-state index contributed by atoms with van der Waals surface area (Å²) in [4.78, 5) is 11.3. The zero-order valence-electron chi connectivity index (χ0n) is 8.19. The molecule has 0 aliphatic heterocycles. The van der Waals surface area contributed by atoms with Crippen LogP contribution >= 0.6 is 0 Å². The van der Waals surface area contributed by atoms with Crippen LogP contribution in [0.15, 0.2) is 36.5 Å². The molecule has 0 aromatic rings. The first-order valence-corrected chi connectivity index (χ1v) is 4.53. The summed E-state index contributed by atoms with van der Waals surface area (Å²) in [5, 5.41) is 10.00. The van der Waals surface area contributed by atoms with Crippen LogP contribution in [0.2, 0.25) is 0 Å². The summed E-state index contributed by atoms with van der Waals surface area (Å²) >= 11 is 0. The van der Waals surface area contributed by atoms with Crippen molar-refractivity contribution >= 4 is 5.97 Å². The van der Waals surface area contributed by atoms with E-state index < -0.39 is 11.6 Å². The summed E-state index contributed by atoms with van der Waals surface area (Å²) in [6, 6.07) is 0. The topological polar surface area (TPSA) is 46.5 Å². The van der Waals surface area contributed by atoms with Crippen LogP contribution in [-0.2, 0) is 9.53 Å². The van der Waals surface area contributed by atoms with Gasteiger partial charge in [-0.25, -0.2) is 4.79 Å². The highest BCUT2D eigenvalue weighted by Crippen LogP contribution is 2.25. The molecule has 3 nitrogen and oxygen atoms in total. The van der Waals surface area contributed by atoms with Gasteiger partial charge in [-0.05, 0) is 13.0 Å². The van der Waals surface area contributed by atoms with E-state index in [1.165, 1.54) is 0 Å². The van der Waals surface area contributed by atoms with Crippen LogP contribution in [0.3, 0.4) is 0 Å². The molecule has 1 aliphatic carbocycles. The molecule has 0 spiro atoms. The quantitative estimate of drug-likeness (QED) is 0.545. The predicted molar refractivity (Wildman–Crippen MR) is 53.6 cm³/mol.